The Kier molecular flexibility index (Phi) is 5.48. The monoisotopic (exact) mass is 444 g/mol. The fraction of sp³-hybridized carbons (Fsp3) is 0.0526. The average molecular weight is 445 g/mol. The van der Waals surface area contributed by atoms with Crippen LogP contribution in [0.2, 0.25) is 10.0 Å². The molecule has 0 radical (unpaired) electrons. The Morgan fingerprint density at radius 2 is 1.90 bits per heavy atom. The van der Waals surface area contributed by atoms with Gasteiger partial charge in [0.15, 0.2) is 10.8 Å². The topological polar surface area (TPSA) is 87.8 Å². The first-order chi connectivity index (χ1) is 14.0. The summed E-state index contributed by atoms with van der Waals surface area (Å²) in [4.78, 5) is 7.24. The van der Waals surface area contributed by atoms with Crippen LogP contribution >= 0.6 is 35.4 Å². The zero-order chi connectivity index (χ0) is 20.4. The van der Waals surface area contributed by atoms with Gasteiger partial charge in [-0.3, -0.25) is 0 Å². The number of nitrogens with one attached hydrogen (secondary N) is 3. The van der Waals surface area contributed by atoms with Gasteiger partial charge in [-0.2, -0.15) is 5.10 Å². The highest BCUT2D eigenvalue weighted by Gasteiger charge is 2.12. The van der Waals surface area contributed by atoms with Crippen LogP contribution in [0, 0.1) is 0 Å². The van der Waals surface area contributed by atoms with Gasteiger partial charge in [-0.05, 0) is 48.1 Å². The number of methoxy groups -OCH3 is 1. The molecule has 0 saturated carbocycles. The van der Waals surface area contributed by atoms with E-state index in [4.69, 9.17) is 40.2 Å². The van der Waals surface area contributed by atoms with E-state index in [1.54, 1.807) is 37.8 Å². The molecule has 0 saturated heterocycles. The number of aromatic nitrogens is 4. The van der Waals surface area contributed by atoms with Crippen LogP contribution in [-0.4, -0.2) is 32.4 Å². The third-order valence-corrected chi connectivity index (χ3v) is 4.75. The fourth-order valence-electron chi connectivity index (χ4n) is 2.87. The van der Waals surface area contributed by atoms with Crippen LogP contribution in [0.15, 0.2) is 48.9 Å². The predicted molar refractivity (Wildman–Crippen MR) is 120 cm³/mol. The number of nitrogens with zero attached hydrogens (tertiary/aromatic N) is 3. The van der Waals surface area contributed by atoms with Crippen molar-refractivity contribution in [2.24, 2.45) is 0 Å². The number of ether oxygens (including phenoxy) is 1. The maximum Gasteiger partial charge on any atom is 0.200 e. The Morgan fingerprint density at radius 3 is 2.66 bits per heavy atom. The molecule has 0 aliphatic rings. The molecule has 0 spiro atoms. The molecular formula is C19H14Cl2N6OS. The molecular weight excluding hydrogens is 431 g/mol. The number of aromatic amines is 1. The van der Waals surface area contributed by atoms with Crippen LogP contribution in [0.25, 0.3) is 22.3 Å². The maximum atomic E-state index is 6.04. The first-order valence-corrected chi connectivity index (χ1v) is 9.57. The number of rotatable bonds is 4. The van der Waals surface area contributed by atoms with Crippen molar-refractivity contribution in [3.8, 4) is 16.9 Å². The quantitative estimate of drug-likeness (QED) is 0.375. The van der Waals surface area contributed by atoms with E-state index in [1.807, 2.05) is 18.2 Å². The summed E-state index contributed by atoms with van der Waals surface area (Å²) in [5.74, 6) is 0.630. The number of benzene rings is 2. The number of hydrogen-bond acceptors (Lipinski definition) is 5. The van der Waals surface area contributed by atoms with Crippen molar-refractivity contribution in [3.63, 3.8) is 0 Å². The zero-order valence-electron chi connectivity index (χ0n) is 15.0. The molecule has 4 aromatic rings. The normalized spacial score (nSPS) is 10.7. The molecule has 0 fully saturated rings. The van der Waals surface area contributed by atoms with Gasteiger partial charge in [-0.25, -0.2) is 4.98 Å². The van der Waals surface area contributed by atoms with Gasteiger partial charge in [0, 0.05) is 21.3 Å². The summed E-state index contributed by atoms with van der Waals surface area (Å²) >= 11 is 17.5. The molecule has 0 bridgehead atoms. The molecule has 0 atom stereocenters. The SMILES string of the molecule is COc1ccc(-c2cnnc3nc[nH]c23)cc1NC(=S)Nc1cc(Cl)cc(Cl)c1. The average Bonchev–Trinajstić information content (AvgIpc) is 3.16. The minimum atomic E-state index is 0.360. The van der Waals surface area contributed by atoms with E-state index in [0.717, 1.165) is 16.6 Å². The van der Waals surface area contributed by atoms with Crippen LogP contribution < -0.4 is 15.4 Å². The number of H-pyrrole nitrogens is 1. The number of halogens is 2. The van der Waals surface area contributed by atoms with Gasteiger partial charge < -0.3 is 20.4 Å². The maximum absolute atomic E-state index is 6.04. The zero-order valence-corrected chi connectivity index (χ0v) is 17.4. The molecule has 7 nitrogen and oxygen atoms in total. The molecule has 146 valence electrons. The van der Waals surface area contributed by atoms with Gasteiger partial charge in [0.25, 0.3) is 0 Å². The minimum Gasteiger partial charge on any atom is -0.495 e. The second-order valence-electron chi connectivity index (χ2n) is 6.01. The van der Waals surface area contributed by atoms with Crippen molar-refractivity contribution in [1.82, 2.24) is 20.2 Å². The van der Waals surface area contributed by atoms with Gasteiger partial charge in [-0.1, -0.05) is 29.3 Å². The van der Waals surface area contributed by atoms with Gasteiger partial charge in [0.05, 0.1) is 30.8 Å². The molecule has 0 amide bonds. The molecule has 2 aromatic carbocycles. The molecule has 4 rings (SSSR count). The van der Waals surface area contributed by atoms with Crippen LogP contribution in [0.4, 0.5) is 11.4 Å². The molecule has 2 heterocycles. The number of anilines is 2. The fourth-order valence-corrected chi connectivity index (χ4v) is 3.62. The Balaban J connectivity index is 1.63. The Labute approximate surface area is 181 Å². The molecule has 29 heavy (non-hydrogen) atoms. The van der Waals surface area contributed by atoms with Crippen molar-refractivity contribution in [2.75, 3.05) is 17.7 Å². The number of thiocarbonyl (C=S) groups is 1. The summed E-state index contributed by atoms with van der Waals surface area (Å²) in [7, 11) is 1.59. The van der Waals surface area contributed by atoms with E-state index < -0.39 is 0 Å². The van der Waals surface area contributed by atoms with Crippen LogP contribution in [0.1, 0.15) is 0 Å². The summed E-state index contributed by atoms with van der Waals surface area (Å²) in [6.45, 7) is 0. The van der Waals surface area contributed by atoms with E-state index >= 15 is 0 Å². The van der Waals surface area contributed by atoms with Crippen LogP contribution in [0.5, 0.6) is 5.75 Å². The largest absolute Gasteiger partial charge is 0.495 e. The van der Waals surface area contributed by atoms with Crippen molar-refractivity contribution < 1.29 is 4.74 Å². The molecule has 10 heteroatoms. The second-order valence-corrected chi connectivity index (χ2v) is 7.29. The smallest absolute Gasteiger partial charge is 0.200 e. The van der Waals surface area contributed by atoms with E-state index in [9.17, 15) is 0 Å². The van der Waals surface area contributed by atoms with Crippen molar-refractivity contribution in [2.45, 2.75) is 0 Å². The predicted octanol–water partition coefficient (Wildman–Crippen LogP) is 5.14. The molecule has 0 aliphatic heterocycles. The lowest BCUT2D eigenvalue weighted by atomic mass is 10.1. The first kappa shape index (κ1) is 19.4. The van der Waals surface area contributed by atoms with Gasteiger partial charge >= 0.3 is 0 Å². The van der Waals surface area contributed by atoms with Crippen molar-refractivity contribution in [3.05, 3.63) is 59.0 Å². The number of hydrogen-bond donors (Lipinski definition) is 3. The van der Waals surface area contributed by atoms with Gasteiger partial charge in [-0.15, -0.1) is 5.10 Å². The van der Waals surface area contributed by atoms with E-state index in [1.165, 1.54) is 0 Å². The van der Waals surface area contributed by atoms with Crippen LogP contribution in [0.3, 0.4) is 0 Å². The number of imidazole rings is 1. The molecule has 3 N–H and O–H groups in total. The van der Waals surface area contributed by atoms with Gasteiger partial charge in [0.2, 0.25) is 0 Å². The first-order valence-electron chi connectivity index (χ1n) is 8.41. The lowest BCUT2D eigenvalue weighted by Gasteiger charge is -2.15. The second kappa shape index (κ2) is 8.20. The summed E-state index contributed by atoms with van der Waals surface area (Å²) in [5, 5.41) is 15.6. The highest BCUT2D eigenvalue weighted by molar-refractivity contribution is 7.80. The Hall–Kier alpha value is -2.94. The van der Waals surface area contributed by atoms with E-state index in [-0.39, 0.29) is 0 Å². The minimum absolute atomic E-state index is 0.360. The molecule has 2 aromatic heterocycles. The lowest BCUT2D eigenvalue weighted by molar-refractivity contribution is 0.417. The third kappa shape index (κ3) is 4.24. The number of fused-ring (bicyclic) bond motifs is 1. The molecule has 0 aliphatic carbocycles. The molecule has 0 unspecified atom stereocenters. The van der Waals surface area contributed by atoms with Crippen LogP contribution in [-0.2, 0) is 0 Å². The van der Waals surface area contributed by atoms with E-state index in [2.05, 4.69) is 30.8 Å². The lowest BCUT2D eigenvalue weighted by Crippen LogP contribution is -2.19. The summed E-state index contributed by atoms with van der Waals surface area (Å²) in [6.07, 6.45) is 3.26. The Morgan fingerprint density at radius 1 is 1.10 bits per heavy atom. The summed E-state index contributed by atoms with van der Waals surface area (Å²) in [5.41, 5.74) is 4.45. The Bertz CT molecular complexity index is 1190. The van der Waals surface area contributed by atoms with Gasteiger partial charge in [0.1, 0.15) is 5.75 Å². The summed E-state index contributed by atoms with van der Waals surface area (Å²) in [6, 6.07) is 10.8. The van der Waals surface area contributed by atoms with Crippen molar-refractivity contribution >= 4 is 63.1 Å². The summed E-state index contributed by atoms with van der Waals surface area (Å²) < 4.78 is 5.46. The highest BCUT2D eigenvalue weighted by atomic mass is 35.5. The van der Waals surface area contributed by atoms with E-state index in [0.29, 0.717) is 37.9 Å². The standard InChI is InChI=1S/C19H14Cl2N6OS/c1-28-16-3-2-10(14-8-24-27-18-17(14)22-9-23-18)4-15(16)26-19(29)25-13-6-11(20)5-12(21)7-13/h2-9H,1H3,(H,22,23,27)(H2,25,26,29). The third-order valence-electron chi connectivity index (χ3n) is 4.11. The highest BCUT2D eigenvalue weighted by Crippen LogP contribution is 2.33. The van der Waals surface area contributed by atoms with Crippen molar-refractivity contribution in [1.29, 1.82) is 0 Å².